The van der Waals surface area contributed by atoms with Crippen molar-refractivity contribution in [3.8, 4) is 0 Å². The molecule has 7 heteroatoms. The number of aromatic nitrogens is 2. The predicted octanol–water partition coefficient (Wildman–Crippen LogP) is 1.04. The van der Waals surface area contributed by atoms with E-state index in [1.807, 2.05) is 28.1 Å². The second-order valence-electron chi connectivity index (χ2n) is 6.99. The molecule has 0 spiro atoms. The van der Waals surface area contributed by atoms with Crippen molar-refractivity contribution in [2.24, 2.45) is 0 Å². The predicted molar refractivity (Wildman–Crippen MR) is 99.8 cm³/mol. The Balaban J connectivity index is 1.32. The van der Waals surface area contributed by atoms with Crippen molar-refractivity contribution >= 4 is 11.8 Å². The maximum atomic E-state index is 12.8. The first-order chi connectivity index (χ1) is 13.2. The van der Waals surface area contributed by atoms with E-state index in [9.17, 15) is 9.59 Å². The van der Waals surface area contributed by atoms with E-state index in [-0.39, 0.29) is 17.9 Å². The van der Waals surface area contributed by atoms with Gasteiger partial charge in [-0.15, -0.1) is 0 Å². The van der Waals surface area contributed by atoms with Gasteiger partial charge in [-0.3, -0.25) is 24.5 Å². The summed E-state index contributed by atoms with van der Waals surface area (Å²) in [5, 5.41) is 0. The molecular formula is C20H23N5O2. The topological polar surface area (TPSA) is 69.6 Å². The molecule has 0 N–H and O–H groups in total. The molecule has 2 amide bonds. The van der Waals surface area contributed by atoms with Gasteiger partial charge in [0.05, 0.1) is 6.04 Å². The van der Waals surface area contributed by atoms with E-state index in [2.05, 4.69) is 14.9 Å². The Bertz CT molecular complexity index is 791. The van der Waals surface area contributed by atoms with Crippen LogP contribution in [0.1, 0.15) is 22.3 Å². The Labute approximate surface area is 158 Å². The van der Waals surface area contributed by atoms with E-state index in [1.54, 1.807) is 30.7 Å². The SMILES string of the molecule is O=C(c1ccncc1)N1CCN(C2CCN(Cc3cccnc3)C2=O)CC1. The van der Waals surface area contributed by atoms with Crippen molar-refractivity contribution < 1.29 is 9.59 Å². The molecule has 2 fully saturated rings. The average molecular weight is 365 g/mol. The molecule has 2 aromatic rings. The maximum absolute atomic E-state index is 12.8. The fraction of sp³-hybridized carbons (Fsp3) is 0.400. The van der Waals surface area contributed by atoms with Gasteiger partial charge in [0.15, 0.2) is 0 Å². The van der Waals surface area contributed by atoms with Gasteiger partial charge in [-0.1, -0.05) is 6.07 Å². The zero-order chi connectivity index (χ0) is 18.6. The first kappa shape index (κ1) is 17.6. The summed E-state index contributed by atoms with van der Waals surface area (Å²) in [4.78, 5) is 39.4. The normalized spacial score (nSPS) is 20.9. The molecule has 4 rings (SSSR count). The zero-order valence-corrected chi connectivity index (χ0v) is 15.2. The number of likely N-dealkylation sites (tertiary alicyclic amines) is 1. The Morgan fingerprint density at radius 2 is 1.78 bits per heavy atom. The summed E-state index contributed by atoms with van der Waals surface area (Å²) < 4.78 is 0. The summed E-state index contributed by atoms with van der Waals surface area (Å²) in [6.45, 7) is 4.14. The van der Waals surface area contributed by atoms with Gasteiger partial charge in [-0.05, 0) is 30.2 Å². The van der Waals surface area contributed by atoms with Crippen LogP contribution in [0, 0.1) is 0 Å². The lowest BCUT2D eigenvalue weighted by atomic mass is 10.1. The molecule has 1 unspecified atom stereocenters. The number of piperazine rings is 1. The highest BCUT2D eigenvalue weighted by Crippen LogP contribution is 2.21. The Morgan fingerprint density at radius 1 is 1.00 bits per heavy atom. The fourth-order valence-electron chi connectivity index (χ4n) is 3.84. The van der Waals surface area contributed by atoms with Gasteiger partial charge >= 0.3 is 0 Å². The van der Waals surface area contributed by atoms with Gasteiger partial charge in [0, 0.05) is 69.6 Å². The Morgan fingerprint density at radius 3 is 2.48 bits per heavy atom. The average Bonchev–Trinajstić information content (AvgIpc) is 3.09. The number of carbonyl (C=O) groups is 2. The number of rotatable bonds is 4. The Hall–Kier alpha value is -2.80. The molecule has 2 aliphatic heterocycles. The molecule has 140 valence electrons. The van der Waals surface area contributed by atoms with Gasteiger partial charge in [0.1, 0.15) is 0 Å². The summed E-state index contributed by atoms with van der Waals surface area (Å²) in [6.07, 6.45) is 7.67. The van der Waals surface area contributed by atoms with Crippen LogP contribution in [-0.4, -0.2) is 75.2 Å². The summed E-state index contributed by atoms with van der Waals surface area (Å²) in [7, 11) is 0. The van der Waals surface area contributed by atoms with E-state index in [0.717, 1.165) is 31.6 Å². The van der Waals surface area contributed by atoms with Crippen LogP contribution in [0.2, 0.25) is 0 Å². The molecule has 1 atom stereocenters. The minimum atomic E-state index is -0.0696. The molecule has 0 saturated carbocycles. The molecule has 0 aromatic carbocycles. The second kappa shape index (κ2) is 7.84. The summed E-state index contributed by atoms with van der Waals surface area (Å²) in [6, 6.07) is 7.31. The smallest absolute Gasteiger partial charge is 0.254 e. The van der Waals surface area contributed by atoms with Crippen LogP contribution < -0.4 is 0 Å². The lowest BCUT2D eigenvalue weighted by Gasteiger charge is -2.37. The maximum Gasteiger partial charge on any atom is 0.254 e. The molecule has 2 saturated heterocycles. The standard InChI is InChI=1S/C20H23N5O2/c26-19(17-3-7-21-8-4-17)24-12-10-23(11-13-24)18-5-9-25(20(18)27)15-16-2-1-6-22-14-16/h1-4,6-8,14,18H,5,9-13,15H2. The first-order valence-electron chi connectivity index (χ1n) is 9.33. The summed E-state index contributed by atoms with van der Waals surface area (Å²) in [5.41, 5.74) is 1.72. The summed E-state index contributed by atoms with van der Waals surface area (Å²) >= 11 is 0. The number of amides is 2. The van der Waals surface area contributed by atoms with Gasteiger partial charge < -0.3 is 9.80 Å². The third-order valence-electron chi connectivity index (χ3n) is 5.33. The van der Waals surface area contributed by atoms with Crippen molar-refractivity contribution in [3.63, 3.8) is 0 Å². The molecule has 2 aromatic heterocycles. The summed E-state index contributed by atoms with van der Waals surface area (Å²) in [5.74, 6) is 0.223. The van der Waals surface area contributed by atoms with Gasteiger partial charge in [0.2, 0.25) is 5.91 Å². The van der Waals surface area contributed by atoms with Crippen LogP contribution in [0.3, 0.4) is 0 Å². The number of hydrogen-bond acceptors (Lipinski definition) is 5. The minimum Gasteiger partial charge on any atom is -0.337 e. The highest BCUT2D eigenvalue weighted by atomic mass is 16.2. The van der Waals surface area contributed by atoms with Gasteiger partial charge in [-0.25, -0.2) is 0 Å². The lowest BCUT2D eigenvalue weighted by Crippen LogP contribution is -2.53. The molecule has 0 bridgehead atoms. The van der Waals surface area contributed by atoms with Crippen LogP contribution in [0.25, 0.3) is 0 Å². The zero-order valence-electron chi connectivity index (χ0n) is 15.2. The molecule has 2 aliphatic rings. The van der Waals surface area contributed by atoms with Crippen molar-refractivity contribution in [1.82, 2.24) is 24.7 Å². The van der Waals surface area contributed by atoms with Crippen molar-refractivity contribution in [3.05, 3.63) is 60.2 Å². The van der Waals surface area contributed by atoms with E-state index in [0.29, 0.717) is 25.2 Å². The monoisotopic (exact) mass is 365 g/mol. The van der Waals surface area contributed by atoms with Crippen LogP contribution in [0.15, 0.2) is 49.1 Å². The lowest BCUT2D eigenvalue weighted by molar-refractivity contribution is -0.133. The number of pyridine rings is 2. The highest BCUT2D eigenvalue weighted by Gasteiger charge is 2.37. The van der Waals surface area contributed by atoms with Crippen LogP contribution in [-0.2, 0) is 11.3 Å². The third-order valence-corrected chi connectivity index (χ3v) is 5.33. The molecule has 4 heterocycles. The van der Waals surface area contributed by atoms with E-state index in [1.165, 1.54) is 0 Å². The van der Waals surface area contributed by atoms with E-state index < -0.39 is 0 Å². The van der Waals surface area contributed by atoms with E-state index >= 15 is 0 Å². The van der Waals surface area contributed by atoms with Crippen LogP contribution in [0.4, 0.5) is 0 Å². The first-order valence-corrected chi connectivity index (χ1v) is 9.33. The number of nitrogens with zero attached hydrogens (tertiary/aromatic N) is 5. The Kier molecular flexibility index (Phi) is 5.11. The molecule has 7 nitrogen and oxygen atoms in total. The minimum absolute atomic E-state index is 0.0352. The third kappa shape index (κ3) is 3.83. The van der Waals surface area contributed by atoms with Crippen molar-refractivity contribution in [2.45, 2.75) is 19.0 Å². The molecule has 0 aliphatic carbocycles. The number of hydrogen-bond donors (Lipinski definition) is 0. The second-order valence-corrected chi connectivity index (χ2v) is 6.99. The van der Waals surface area contributed by atoms with Crippen molar-refractivity contribution in [2.75, 3.05) is 32.7 Å². The number of carbonyl (C=O) groups excluding carboxylic acids is 2. The van der Waals surface area contributed by atoms with Crippen LogP contribution >= 0.6 is 0 Å². The van der Waals surface area contributed by atoms with Gasteiger partial charge in [-0.2, -0.15) is 0 Å². The van der Waals surface area contributed by atoms with E-state index in [4.69, 9.17) is 0 Å². The largest absolute Gasteiger partial charge is 0.337 e. The highest BCUT2D eigenvalue weighted by molar-refractivity contribution is 5.94. The molecule has 27 heavy (non-hydrogen) atoms. The molecular weight excluding hydrogens is 342 g/mol. The van der Waals surface area contributed by atoms with Crippen LogP contribution in [0.5, 0.6) is 0 Å². The van der Waals surface area contributed by atoms with Crippen molar-refractivity contribution in [1.29, 1.82) is 0 Å². The van der Waals surface area contributed by atoms with Gasteiger partial charge in [0.25, 0.3) is 5.91 Å². The quantitative estimate of drug-likeness (QED) is 0.810. The fourth-order valence-corrected chi connectivity index (χ4v) is 3.84. The molecule has 0 radical (unpaired) electrons.